The number of nitrogens with one attached hydrogen (secondary N) is 2. The van der Waals surface area contributed by atoms with Crippen molar-refractivity contribution in [1.82, 2.24) is 10.2 Å². The zero-order valence-electron chi connectivity index (χ0n) is 13.7. The fourth-order valence-electron chi connectivity index (χ4n) is 3.47. The SMILES string of the molecule is O=C(NCN1CCOCC1)C1(Nc2ccccc2)CCCCC1. The number of ether oxygens (including phenoxy) is 1. The summed E-state index contributed by atoms with van der Waals surface area (Å²) in [6.07, 6.45) is 5.22. The van der Waals surface area contributed by atoms with Crippen LogP contribution in [0.4, 0.5) is 5.69 Å². The van der Waals surface area contributed by atoms with E-state index in [4.69, 9.17) is 4.74 Å². The Morgan fingerprint density at radius 1 is 1.09 bits per heavy atom. The van der Waals surface area contributed by atoms with E-state index in [1.807, 2.05) is 30.3 Å². The van der Waals surface area contributed by atoms with Gasteiger partial charge in [0, 0.05) is 18.8 Å². The molecule has 1 heterocycles. The second kappa shape index (κ2) is 7.79. The van der Waals surface area contributed by atoms with Crippen LogP contribution in [0, 0.1) is 0 Å². The third kappa shape index (κ3) is 4.24. The standard InChI is InChI=1S/C18H27N3O2/c22-17(19-15-21-11-13-23-14-12-21)18(9-5-2-6-10-18)20-16-7-3-1-4-8-16/h1,3-4,7-8,20H,2,5-6,9-15H2,(H,19,22). The van der Waals surface area contributed by atoms with Crippen molar-refractivity contribution in [3.8, 4) is 0 Å². The van der Waals surface area contributed by atoms with E-state index in [1.165, 1.54) is 6.42 Å². The van der Waals surface area contributed by atoms with Gasteiger partial charge in [0.05, 0.1) is 19.9 Å². The number of anilines is 1. The summed E-state index contributed by atoms with van der Waals surface area (Å²) in [5, 5.41) is 6.68. The zero-order valence-corrected chi connectivity index (χ0v) is 13.7. The van der Waals surface area contributed by atoms with Crippen LogP contribution in [-0.2, 0) is 9.53 Å². The second-order valence-corrected chi connectivity index (χ2v) is 6.53. The summed E-state index contributed by atoms with van der Waals surface area (Å²) < 4.78 is 5.35. The predicted octanol–water partition coefficient (Wildman–Crippen LogP) is 2.21. The fraction of sp³-hybridized carbons (Fsp3) is 0.611. The first-order chi connectivity index (χ1) is 11.3. The Labute approximate surface area is 138 Å². The Hall–Kier alpha value is -1.59. The summed E-state index contributed by atoms with van der Waals surface area (Å²) in [4.78, 5) is 15.2. The lowest BCUT2D eigenvalue weighted by Gasteiger charge is -2.38. The van der Waals surface area contributed by atoms with Crippen LogP contribution in [0.2, 0.25) is 0 Å². The normalized spacial score (nSPS) is 21.6. The number of morpholine rings is 1. The molecule has 0 bridgehead atoms. The van der Waals surface area contributed by atoms with Crippen LogP contribution >= 0.6 is 0 Å². The van der Waals surface area contributed by atoms with Gasteiger partial charge < -0.3 is 15.4 Å². The highest BCUT2D eigenvalue weighted by molar-refractivity contribution is 5.89. The largest absolute Gasteiger partial charge is 0.379 e. The highest BCUT2D eigenvalue weighted by atomic mass is 16.5. The van der Waals surface area contributed by atoms with Crippen molar-refractivity contribution in [3.63, 3.8) is 0 Å². The Morgan fingerprint density at radius 3 is 2.48 bits per heavy atom. The van der Waals surface area contributed by atoms with E-state index in [9.17, 15) is 4.79 Å². The van der Waals surface area contributed by atoms with E-state index in [1.54, 1.807) is 0 Å². The predicted molar refractivity (Wildman–Crippen MR) is 91.3 cm³/mol. The number of carbonyl (C=O) groups is 1. The molecule has 1 aromatic rings. The molecular weight excluding hydrogens is 290 g/mol. The van der Waals surface area contributed by atoms with Crippen molar-refractivity contribution in [1.29, 1.82) is 0 Å². The molecule has 0 atom stereocenters. The van der Waals surface area contributed by atoms with Crippen molar-refractivity contribution in [2.75, 3.05) is 38.3 Å². The number of rotatable bonds is 5. The average Bonchev–Trinajstić information content (AvgIpc) is 2.62. The molecule has 2 aliphatic rings. The van der Waals surface area contributed by atoms with Gasteiger partial charge in [-0.25, -0.2) is 0 Å². The van der Waals surface area contributed by atoms with Gasteiger partial charge in [-0.3, -0.25) is 9.69 Å². The van der Waals surface area contributed by atoms with Crippen LogP contribution in [0.3, 0.4) is 0 Å². The summed E-state index contributed by atoms with van der Waals surface area (Å²) in [5.74, 6) is 0.132. The van der Waals surface area contributed by atoms with Crippen LogP contribution in [0.5, 0.6) is 0 Å². The van der Waals surface area contributed by atoms with Gasteiger partial charge in [0.2, 0.25) is 5.91 Å². The molecule has 1 saturated carbocycles. The van der Waals surface area contributed by atoms with Gasteiger partial charge in [-0.15, -0.1) is 0 Å². The Morgan fingerprint density at radius 2 is 1.78 bits per heavy atom. The van der Waals surface area contributed by atoms with Crippen LogP contribution in [0.15, 0.2) is 30.3 Å². The number of carbonyl (C=O) groups excluding carboxylic acids is 1. The topological polar surface area (TPSA) is 53.6 Å². The van der Waals surface area contributed by atoms with Crippen LogP contribution in [-0.4, -0.2) is 49.3 Å². The first-order valence-corrected chi connectivity index (χ1v) is 8.70. The summed E-state index contributed by atoms with van der Waals surface area (Å²) in [7, 11) is 0. The molecule has 3 rings (SSSR count). The summed E-state index contributed by atoms with van der Waals surface area (Å²) in [6.45, 7) is 3.89. The minimum Gasteiger partial charge on any atom is -0.379 e. The maximum atomic E-state index is 12.9. The van der Waals surface area contributed by atoms with E-state index in [2.05, 4.69) is 15.5 Å². The molecular formula is C18H27N3O2. The zero-order chi connectivity index (χ0) is 16.0. The van der Waals surface area contributed by atoms with E-state index in [-0.39, 0.29) is 5.91 Å². The van der Waals surface area contributed by atoms with Crippen LogP contribution < -0.4 is 10.6 Å². The molecule has 1 amide bonds. The molecule has 0 aromatic heterocycles. The minimum atomic E-state index is -0.466. The highest BCUT2D eigenvalue weighted by Gasteiger charge is 2.39. The van der Waals surface area contributed by atoms with Gasteiger partial charge in [-0.2, -0.15) is 0 Å². The fourth-order valence-corrected chi connectivity index (χ4v) is 3.47. The first-order valence-electron chi connectivity index (χ1n) is 8.70. The van der Waals surface area contributed by atoms with E-state index >= 15 is 0 Å². The van der Waals surface area contributed by atoms with Crippen LogP contribution in [0.1, 0.15) is 32.1 Å². The molecule has 2 fully saturated rings. The van der Waals surface area contributed by atoms with Crippen molar-refractivity contribution >= 4 is 11.6 Å². The molecule has 0 radical (unpaired) electrons. The monoisotopic (exact) mass is 317 g/mol. The maximum absolute atomic E-state index is 12.9. The summed E-state index contributed by atoms with van der Waals surface area (Å²) >= 11 is 0. The third-order valence-electron chi connectivity index (χ3n) is 4.87. The molecule has 1 aliphatic carbocycles. The highest BCUT2D eigenvalue weighted by Crippen LogP contribution is 2.32. The number of benzene rings is 1. The molecule has 5 nitrogen and oxygen atoms in total. The van der Waals surface area contributed by atoms with Crippen molar-refractivity contribution in [2.45, 2.75) is 37.6 Å². The molecule has 0 unspecified atom stereocenters. The number of amides is 1. The number of hydrogen-bond acceptors (Lipinski definition) is 4. The molecule has 0 spiro atoms. The van der Waals surface area contributed by atoms with Crippen LogP contribution in [0.25, 0.3) is 0 Å². The Bertz CT molecular complexity index is 494. The van der Waals surface area contributed by atoms with Crippen molar-refractivity contribution in [3.05, 3.63) is 30.3 Å². The van der Waals surface area contributed by atoms with Crippen molar-refractivity contribution in [2.24, 2.45) is 0 Å². The van der Waals surface area contributed by atoms with Gasteiger partial charge in [0.1, 0.15) is 5.54 Å². The van der Waals surface area contributed by atoms with E-state index in [0.717, 1.165) is 57.7 Å². The minimum absolute atomic E-state index is 0.132. The van der Waals surface area contributed by atoms with Gasteiger partial charge in [0.15, 0.2) is 0 Å². The Kier molecular flexibility index (Phi) is 5.51. The second-order valence-electron chi connectivity index (χ2n) is 6.53. The smallest absolute Gasteiger partial charge is 0.246 e. The maximum Gasteiger partial charge on any atom is 0.246 e. The third-order valence-corrected chi connectivity index (χ3v) is 4.87. The van der Waals surface area contributed by atoms with Gasteiger partial charge in [0.25, 0.3) is 0 Å². The average molecular weight is 317 g/mol. The number of hydrogen-bond donors (Lipinski definition) is 2. The molecule has 23 heavy (non-hydrogen) atoms. The van der Waals surface area contributed by atoms with Crippen molar-refractivity contribution < 1.29 is 9.53 Å². The molecule has 1 saturated heterocycles. The first kappa shape index (κ1) is 16.3. The van der Waals surface area contributed by atoms with E-state index in [0.29, 0.717) is 6.67 Å². The summed E-state index contributed by atoms with van der Waals surface area (Å²) in [6, 6.07) is 10.1. The lowest BCUT2D eigenvalue weighted by molar-refractivity contribution is -0.127. The lowest BCUT2D eigenvalue weighted by Crippen LogP contribution is -2.56. The van der Waals surface area contributed by atoms with Gasteiger partial charge in [-0.05, 0) is 25.0 Å². The number of para-hydroxylation sites is 1. The molecule has 5 heteroatoms. The summed E-state index contributed by atoms with van der Waals surface area (Å²) in [5.41, 5.74) is 0.558. The molecule has 2 N–H and O–H groups in total. The van der Waals surface area contributed by atoms with Gasteiger partial charge >= 0.3 is 0 Å². The molecule has 126 valence electrons. The number of nitrogens with zero attached hydrogens (tertiary/aromatic N) is 1. The van der Waals surface area contributed by atoms with Gasteiger partial charge in [-0.1, -0.05) is 37.5 Å². The van der Waals surface area contributed by atoms with E-state index < -0.39 is 5.54 Å². The molecule has 1 aromatic carbocycles. The molecule has 1 aliphatic heterocycles. The lowest BCUT2D eigenvalue weighted by atomic mass is 9.80. The quantitative estimate of drug-likeness (QED) is 0.874. The Balaban J connectivity index is 1.63.